The molecule has 2 heterocycles. The normalized spacial score (nSPS) is 14.6. The van der Waals surface area contributed by atoms with Crippen LogP contribution in [0.2, 0.25) is 0 Å². The summed E-state index contributed by atoms with van der Waals surface area (Å²) in [6.45, 7) is 2.50. The molecule has 0 bridgehead atoms. The summed E-state index contributed by atoms with van der Waals surface area (Å²) in [5.41, 5.74) is -6.40. The zero-order chi connectivity index (χ0) is 26.6. The van der Waals surface area contributed by atoms with E-state index in [0.29, 0.717) is 22.6 Å². The fourth-order valence-corrected chi connectivity index (χ4v) is 4.78. The molecule has 1 aliphatic rings. The van der Waals surface area contributed by atoms with Crippen molar-refractivity contribution in [1.29, 1.82) is 5.26 Å². The number of aryl methyl sites for hydroxylation is 2. The van der Waals surface area contributed by atoms with Gasteiger partial charge in [0.1, 0.15) is 10.9 Å². The van der Waals surface area contributed by atoms with Gasteiger partial charge in [0.05, 0.1) is 17.4 Å². The fraction of sp³-hybridized carbons (Fsp3) is 0.348. The minimum Gasteiger partial charge on any atom is -0.349 e. The quantitative estimate of drug-likeness (QED) is 0.396. The Hall–Kier alpha value is -3.40. The van der Waals surface area contributed by atoms with Crippen LogP contribution in [0.3, 0.4) is 0 Å². The molecule has 0 radical (unpaired) electrons. The molecule has 5 nitrogen and oxygen atoms in total. The minimum absolute atomic E-state index is 0.0661. The molecule has 1 aliphatic carbocycles. The van der Waals surface area contributed by atoms with Crippen LogP contribution < -0.4 is 5.32 Å². The molecule has 1 N–H and O–H groups in total. The predicted octanol–water partition coefficient (Wildman–Crippen LogP) is 6.27. The van der Waals surface area contributed by atoms with Crippen molar-refractivity contribution < 1.29 is 35.5 Å². The minimum atomic E-state index is -6.22. The molecule has 190 valence electrons. The lowest BCUT2D eigenvalue weighted by Gasteiger charge is -2.31. The van der Waals surface area contributed by atoms with Gasteiger partial charge in [0.15, 0.2) is 0 Å². The van der Waals surface area contributed by atoms with Crippen LogP contribution in [0.25, 0.3) is 16.1 Å². The number of hydrogen-bond acceptors (Lipinski definition) is 4. The number of hydrogen-bond donors (Lipinski definition) is 1. The molecule has 36 heavy (non-hydrogen) atoms. The number of alkyl halides is 7. The fourth-order valence-electron chi connectivity index (χ4n) is 3.85. The van der Waals surface area contributed by atoms with Gasteiger partial charge in [0.25, 0.3) is 5.91 Å². The number of thiophene rings is 1. The van der Waals surface area contributed by atoms with Crippen LogP contribution in [0.4, 0.5) is 30.7 Å². The Morgan fingerprint density at radius 2 is 1.67 bits per heavy atom. The van der Waals surface area contributed by atoms with E-state index in [4.69, 9.17) is 0 Å². The van der Waals surface area contributed by atoms with Crippen molar-refractivity contribution in [1.82, 2.24) is 15.1 Å². The highest BCUT2D eigenvalue weighted by Crippen LogP contribution is 2.53. The van der Waals surface area contributed by atoms with E-state index in [9.17, 15) is 40.8 Å². The molecule has 0 atom stereocenters. The summed E-state index contributed by atoms with van der Waals surface area (Å²) in [7, 11) is 0. The predicted molar refractivity (Wildman–Crippen MR) is 116 cm³/mol. The Bertz CT molecular complexity index is 1340. The van der Waals surface area contributed by atoms with Crippen molar-refractivity contribution in [3.05, 3.63) is 57.7 Å². The van der Waals surface area contributed by atoms with Crippen LogP contribution in [0.15, 0.2) is 30.6 Å². The zero-order valence-electron chi connectivity index (χ0n) is 18.7. The molecule has 1 saturated carbocycles. The van der Waals surface area contributed by atoms with Gasteiger partial charge in [-0.25, -0.2) is 9.07 Å². The molecule has 2 aromatic heterocycles. The second-order valence-corrected chi connectivity index (χ2v) is 9.55. The van der Waals surface area contributed by atoms with Crippen LogP contribution in [-0.4, -0.2) is 34.1 Å². The first-order chi connectivity index (χ1) is 16.7. The number of benzene rings is 1. The Balaban J connectivity index is 1.71. The van der Waals surface area contributed by atoms with Crippen molar-refractivity contribution in [3.63, 3.8) is 0 Å². The summed E-state index contributed by atoms with van der Waals surface area (Å²) in [4.78, 5) is 13.1. The standard InChI is InChI=1S/C23H17F7N4OS/c1-11-5-14(21(24,22(25,26)27)23(28,29)30)6-12(2)19(11)34-10-13(9-32-34)17-7-16(18(8-31)36-17)20(35)33-15-3-4-15/h5-7,9-10,15H,3-4H2,1-2H3,(H,33,35). The molecular weight excluding hydrogens is 513 g/mol. The van der Waals surface area contributed by atoms with Gasteiger partial charge < -0.3 is 5.32 Å². The Morgan fingerprint density at radius 3 is 2.17 bits per heavy atom. The van der Waals surface area contributed by atoms with Crippen molar-refractivity contribution in [2.75, 3.05) is 0 Å². The molecule has 3 aromatic rings. The van der Waals surface area contributed by atoms with E-state index >= 15 is 0 Å². The molecular formula is C23H17F7N4OS. The van der Waals surface area contributed by atoms with Crippen LogP contribution in [0, 0.1) is 25.2 Å². The average Bonchev–Trinajstić information content (AvgIpc) is 3.27. The van der Waals surface area contributed by atoms with Gasteiger partial charge in [0, 0.05) is 28.2 Å². The van der Waals surface area contributed by atoms with Gasteiger partial charge in [0.2, 0.25) is 0 Å². The van der Waals surface area contributed by atoms with Gasteiger partial charge in [-0.1, -0.05) is 12.1 Å². The maximum absolute atomic E-state index is 14.5. The summed E-state index contributed by atoms with van der Waals surface area (Å²) in [5.74, 6) is -0.379. The average molecular weight is 530 g/mol. The second-order valence-electron chi connectivity index (χ2n) is 8.50. The smallest absolute Gasteiger partial charge is 0.349 e. The summed E-state index contributed by atoms with van der Waals surface area (Å²) < 4.78 is 95.0. The molecule has 1 aromatic carbocycles. The number of carbonyl (C=O) groups excluding carboxylic acids is 1. The number of carbonyl (C=O) groups is 1. The van der Waals surface area contributed by atoms with E-state index in [-0.39, 0.29) is 39.2 Å². The number of nitrogens with one attached hydrogen (secondary N) is 1. The lowest BCUT2D eigenvalue weighted by Crippen LogP contribution is -2.50. The molecule has 13 heteroatoms. The SMILES string of the molecule is Cc1cc(C(F)(C(F)(F)F)C(F)(F)F)cc(C)c1-n1cc(-c2cc(C(=O)NC3CC3)c(C#N)s2)cn1. The van der Waals surface area contributed by atoms with Crippen molar-refractivity contribution >= 4 is 17.2 Å². The first kappa shape index (κ1) is 25.7. The van der Waals surface area contributed by atoms with Gasteiger partial charge in [-0.3, -0.25) is 4.79 Å². The highest BCUT2D eigenvalue weighted by atomic mass is 32.1. The maximum Gasteiger partial charge on any atom is 0.435 e. The summed E-state index contributed by atoms with van der Waals surface area (Å²) >= 11 is 1.04. The van der Waals surface area contributed by atoms with Gasteiger partial charge >= 0.3 is 18.0 Å². The maximum atomic E-state index is 14.5. The van der Waals surface area contributed by atoms with E-state index in [0.717, 1.165) is 24.2 Å². The van der Waals surface area contributed by atoms with Crippen LogP contribution >= 0.6 is 11.3 Å². The number of rotatable bonds is 5. The van der Waals surface area contributed by atoms with Crippen molar-refractivity contribution in [2.24, 2.45) is 0 Å². The monoisotopic (exact) mass is 530 g/mol. The molecule has 0 aliphatic heterocycles. The third kappa shape index (κ3) is 4.34. The number of nitrogens with zero attached hydrogens (tertiary/aromatic N) is 3. The Labute approximate surface area is 204 Å². The van der Waals surface area contributed by atoms with Gasteiger partial charge in [-0.05, 0) is 43.9 Å². The Kier molecular flexibility index (Phi) is 6.15. The number of aromatic nitrogens is 2. The number of halogens is 7. The van der Waals surface area contributed by atoms with E-state index < -0.39 is 23.6 Å². The van der Waals surface area contributed by atoms with Crippen molar-refractivity contribution in [3.8, 4) is 22.2 Å². The summed E-state index contributed by atoms with van der Waals surface area (Å²) in [6.07, 6.45) is -7.86. The third-order valence-corrected chi connectivity index (χ3v) is 6.85. The van der Waals surface area contributed by atoms with E-state index in [1.54, 1.807) is 0 Å². The highest BCUT2D eigenvalue weighted by Gasteiger charge is 2.73. The molecule has 0 spiro atoms. The topological polar surface area (TPSA) is 70.7 Å². The van der Waals surface area contributed by atoms with Gasteiger partial charge in [-0.15, -0.1) is 11.3 Å². The van der Waals surface area contributed by atoms with Gasteiger partial charge in [-0.2, -0.15) is 36.7 Å². The lowest BCUT2D eigenvalue weighted by molar-refractivity contribution is -0.348. The molecule has 4 rings (SSSR count). The Morgan fingerprint density at radius 1 is 1.08 bits per heavy atom. The third-order valence-electron chi connectivity index (χ3n) is 5.76. The molecule has 0 unspecified atom stereocenters. The van der Waals surface area contributed by atoms with E-state index in [2.05, 4.69) is 10.4 Å². The van der Waals surface area contributed by atoms with E-state index in [1.165, 1.54) is 37.0 Å². The van der Waals surface area contributed by atoms with Crippen LogP contribution in [0.1, 0.15) is 44.8 Å². The number of amides is 1. The number of nitriles is 1. The zero-order valence-corrected chi connectivity index (χ0v) is 19.5. The molecule has 1 amide bonds. The van der Waals surface area contributed by atoms with Crippen molar-refractivity contribution in [2.45, 2.75) is 50.8 Å². The molecule has 1 fully saturated rings. The first-order valence-corrected chi connectivity index (χ1v) is 11.3. The second kappa shape index (κ2) is 8.62. The van der Waals surface area contributed by atoms with Crippen LogP contribution in [-0.2, 0) is 5.67 Å². The van der Waals surface area contributed by atoms with Crippen LogP contribution in [0.5, 0.6) is 0 Å². The first-order valence-electron chi connectivity index (χ1n) is 10.5. The summed E-state index contributed by atoms with van der Waals surface area (Å²) in [5, 5.41) is 16.4. The molecule has 0 saturated heterocycles. The summed E-state index contributed by atoms with van der Waals surface area (Å²) in [6, 6.07) is 4.59. The lowest BCUT2D eigenvalue weighted by atomic mass is 9.90. The highest BCUT2D eigenvalue weighted by molar-refractivity contribution is 7.16. The largest absolute Gasteiger partial charge is 0.435 e. The van der Waals surface area contributed by atoms with E-state index in [1.807, 2.05) is 6.07 Å².